The van der Waals surface area contributed by atoms with Gasteiger partial charge in [-0.1, -0.05) is 25.1 Å². The van der Waals surface area contributed by atoms with Crippen molar-refractivity contribution in [3.8, 4) is 28.4 Å². The van der Waals surface area contributed by atoms with Gasteiger partial charge in [0.1, 0.15) is 0 Å². The van der Waals surface area contributed by atoms with Gasteiger partial charge in [0, 0.05) is 11.1 Å². The molecule has 0 aromatic heterocycles. The summed E-state index contributed by atoms with van der Waals surface area (Å²) >= 11 is 0. The van der Waals surface area contributed by atoms with Crippen molar-refractivity contribution in [3.05, 3.63) is 41.5 Å². The van der Waals surface area contributed by atoms with Crippen LogP contribution in [0.25, 0.3) is 11.1 Å². The van der Waals surface area contributed by atoms with Crippen LogP contribution in [-0.2, 0) is 11.2 Å². The van der Waals surface area contributed by atoms with Crippen LogP contribution < -0.4 is 14.2 Å². The molecule has 5 heteroatoms. The monoisotopic (exact) mass is 382 g/mol. The van der Waals surface area contributed by atoms with Crippen molar-refractivity contribution in [1.29, 1.82) is 0 Å². The number of hydrogen-bond acceptors (Lipinski definition) is 5. The molecule has 148 valence electrons. The lowest BCUT2D eigenvalue weighted by molar-refractivity contribution is -0.125. The van der Waals surface area contributed by atoms with Gasteiger partial charge in [-0.25, -0.2) is 0 Å². The standard InChI is InChI=1S/C23H26O5/c1-6-16-13-17(7-8-18(16)14(2)24)19-9-10-20(26-4)22(27-5)21(19)28-23(11-12-23)15(3)25/h7-10,13H,6,11-12H2,1-5H3. The molecule has 1 aliphatic rings. The van der Waals surface area contributed by atoms with Crippen LogP contribution in [0.3, 0.4) is 0 Å². The number of methoxy groups -OCH3 is 2. The van der Waals surface area contributed by atoms with Gasteiger partial charge in [-0.05, 0) is 56.4 Å². The summed E-state index contributed by atoms with van der Waals surface area (Å²) in [6, 6.07) is 9.46. The number of Topliss-reactive ketones (excluding diaryl/α,β-unsaturated/α-hetero) is 2. The number of hydrogen-bond donors (Lipinski definition) is 0. The third-order valence-electron chi connectivity index (χ3n) is 5.32. The molecule has 0 atom stereocenters. The molecule has 0 spiro atoms. The Kier molecular flexibility index (Phi) is 5.45. The highest BCUT2D eigenvalue weighted by Gasteiger charge is 2.51. The lowest BCUT2D eigenvalue weighted by atomic mass is 9.95. The lowest BCUT2D eigenvalue weighted by Gasteiger charge is -2.22. The largest absolute Gasteiger partial charge is 0.493 e. The summed E-state index contributed by atoms with van der Waals surface area (Å²) < 4.78 is 17.3. The summed E-state index contributed by atoms with van der Waals surface area (Å²) in [4.78, 5) is 24.0. The molecule has 0 heterocycles. The maximum absolute atomic E-state index is 12.1. The normalized spacial score (nSPS) is 14.3. The van der Waals surface area contributed by atoms with Crippen molar-refractivity contribution in [2.45, 2.75) is 45.6 Å². The molecule has 2 aromatic carbocycles. The highest BCUT2D eigenvalue weighted by Crippen LogP contribution is 2.50. The number of ether oxygens (including phenoxy) is 3. The molecule has 0 unspecified atom stereocenters. The number of aryl methyl sites for hydroxylation is 1. The van der Waals surface area contributed by atoms with Crippen LogP contribution in [0.2, 0.25) is 0 Å². The fraction of sp³-hybridized carbons (Fsp3) is 0.391. The molecule has 1 aliphatic carbocycles. The van der Waals surface area contributed by atoms with E-state index in [0.29, 0.717) is 30.1 Å². The predicted molar refractivity (Wildman–Crippen MR) is 108 cm³/mol. The molecule has 1 saturated carbocycles. The van der Waals surface area contributed by atoms with Gasteiger partial charge in [0.15, 0.2) is 28.7 Å². The zero-order chi connectivity index (χ0) is 20.5. The Bertz CT molecular complexity index is 925. The zero-order valence-corrected chi connectivity index (χ0v) is 17.0. The Labute approximate surface area is 165 Å². The van der Waals surface area contributed by atoms with E-state index in [1.54, 1.807) is 28.1 Å². The van der Waals surface area contributed by atoms with E-state index in [9.17, 15) is 9.59 Å². The molecule has 2 aromatic rings. The summed E-state index contributed by atoms with van der Waals surface area (Å²) in [7, 11) is 3.12. The minimum atomic E-state index is -0.790. The van der Waals surface area contributed by atoms with Crippen LogP contribution in [0.15, 0.2) is 30.3 Å². The van der Waals surface area contributed by atoms with E-state index in [-0.39, 0.29) is 11.6 Å². The maximum Gasteiger partial charge on any atom is 0.203 e. The van der Waals surface area contributed by atoms with Gasteiger partial charge in [0.2, 0.25) is 5.75 Å². The van der Waals surface area contributed by atoms with Gasteiger partial charge in [0.05, 0.1) is 14.2 Å². The van der Waals surface area contributed by atoms with Crippen LogP contribution in [0.5, 0.6) is 17.2 Å². The van der Waals surface area contributed by atoms with Crippen molar-refractivity contribution < 1.29 is 23.8 Å². The second kappa shape index (κ2) is 7.66. The van der Waals surface area contributed by atoms with Crippen molar-refractivity contribution in [2.75, 3.05) is 14.2 Å². The fourth-order valence-corrected chi connectivity index (χ4v) is 3.46. The summed E-state index contributed by atoms with van der Waals surface area (Å²) in [6.07, 6.45) is 2.11. The minimum absolute atomic E-state index is 0.00416. The van der Waals surface area contributed by atoms with Crippen molar-refractivity contribution in [1.82, 2.24) is 0 Å². The Balaban J connectivity index is 2.18. The highest BCUT2D eigenvalue weighted by atomic mass is 16.5. The van der Waals surface area contributed by atoms with Gasteiger partial charge < -0.3 is 14.2 Å². The highest BCUT2D eigenvalue weighted by molar-refractivity contribution is 5.96. The molecule has 0 bridgehead atoms. The topological polar surface area (TPSA) is 61.8 Å². The Morgan fingerprint density at radius 2 is 1.71 bits per heavy atom. The Hall–Kier alpha value is -2.82. The predicted octanol–water partition coefficient (Wildman–Crippen LogP) is 4.64. The number of carbonyl (C=O) groups excluding carboxylic acids is 2. The first kappa shape index (κ1) is 19.9. The van der Waals surface area contributed by atoms with Crippen LogP contribution in [0, 0.1) is 0 Å². The molecule has 0 saturated heterocycles. The number of carbonyl (C=O) groups is 2. The summed E-state index contributed by atoms with van der Waals surface area (Å²) in [5, 5.41) is 0. The first-order chi connectivity index (χ1) is 13.4. The van der Waals surface area contributed by atoms with Crippen LogP contribution in [-0.4, -0.2) is 31.4 Å². The SMILES string of the molecule is CCc1cc(-c2ccc(OC)c(OC)c2OC2(C(C)=O)CC2)ccc1C(C)=O. The van der Waals surface area contributed by atoms with E-state index in [1.165, 1.54) is 0 Å². The van der Waals surface area contributed by atoms with Crippen LogP contribution in [0.4, 0.5) is 0 Å². The van der Waals surface area contributed by atoms with Crippen molar-refractivity contribution in [3.63, 3.8) is 0 Å². The third kappa shape index (κ3) is 3.49. The number of rotatable bonds is 8. The molecule has 0 aliphatic heterocycles. The second-order valence-electron chi connectivity index (χ2n) is 7.11. The van der Waals surface area contributed by atoms with Gasteiger partial charge in [-0.15, -0.1) is 0 Å². The summed E-state index contributed by atoms with van der Waals surface area (Å²) in [5.41, 5.74) is 2.60. The van der Waals surface area contributed by atoms with E-state index in [0.717, 1.165) is 28.7 Å². The van der Waals surface area contributed by atoms with E-state index >= 15 is 0 Å². The first-order valence-corrected chi connectivity index (χ1v) is 9.46. The van der Waals surface area contributed by atoms with Crippen LogP contribution in [0.1, 0.15) is 49.5 Å². The average Bonchev–Trinajstić information content (AvgIpc) is 3.47. The van der Waals surface area contributed by atoms with E-state index in [1.807, 2.05) is 37.3 Å². The molecule has 1 fully saturated rings. The average molecular weight is 382 g/mol. The van der Waals surface area contributed by atoms with Gasteiger partial charge in [-0.3, -0.25) is 9.59 Å². The molecule has 28 heavy (non-hydrogen) atoms. The molecule has 0 N–H and O–H groups in total. The number of benzene rings is 2. The van der Waals surface area contributed by atoms with E-state index in [4.69, 9.17) is 14.2 Å². The molecular weight excluding hydrogens is 356 g/mol. The summed E-state index contributed by atoms with van der Waals surface area (Å²) in [5.74, 6) is 1.54. The molecule has 0 amide bonds. The van der Waals surface area contributed by atoms with E-state index < -0.39 is 5.60 Å². The first-order valence-electron chi connectivity index (χ1n) is 9.46. The smallest absolute Gasteiger partial charge is 0.203 e. The van der Waals surface area contributed by atoms with Gasteiger partial charge >= 0.3 is 0 Å². The minimum Gasteiger partial charge on any atom is -0.493 e. The maximum atomic E-state index is 12.1. The van der Waals surface area contributed by atoms with Crippen molar-refractivity contribution in [2.24, 2.45) is 0 Å². The lowest BCUT2D eigenvalue weighted by Crippen LogP contribution is -2.27. The van der Waals surface area contributed by atoms with Gasteiger partial charge in [-0.2, -0.15) is 0 Å². The Morgan fingerprint density at radius 3 is 2.21 bits per heavy atom. The molecule has 5 nitrogen and oxygen atoms in total. The Morgan fingerprint density at radius 1 is 1.00 bits per heavy atom. The third-order valence-corrected chi connectivity index (χ3v) is 5.32. The summed E-state index contributed by atoms with van der Waals surface area (Å²) in [6.45, 7) is 5.14. The molecule has 0 radical (unpaired) electrons. The van der Waals surface area contributed by atoms with E-state index in [2.05, 4.69) is 0 Å². The molecular formula is C23H26O5. The number of ketones is 2. The van der Waals surface area contributed by atoms with Crippen molar-refractivity contribution >= 4 is 11.6 Å². The second-order valence-corrected chi connectivity index (χ2v) is 7.11. The van der Waals surface area contributed by atoms with Crippen LogP contribution >= 0.6 is 0 Å². The van der Waals surface area contributed by atoms with Gasteiger partial charge in [0.25, 0.3) is 0 Å². The zero-order valence-electron chi connectivity index (χ0n) is 17.0. The molecule has 3 rings (SSSR count). The fourth-order valence-electron chi connectivity index (χ4n) is 3.46. The quantitative estimate of drug-likeness (QED) is 0.623.